The number of hydrogen-bond donors (Lipinski definition) is 0. The molecule has 6 aromatic rings. The average Bonchev–Trinajstić information content (AvgIpc) is 3.23. The van der Waals surface area contributed by atoms with Crippen molar-refractivity contribution in [3.8, 4) is 34.5 Å². The van der Waals surface area contributed by atoms with E-state index in [0.717, 1.165) is 94.6 Å². The molecular weight excluding hydrogens is 665 g/mol. The lowest BCUT2D eigenvalue weighted by Gasteiger charge is -2.34. The van der Waals surface area contributed by atoms with Crippen LogP contribution < -0.4 is 43.3 Å². The molecule has 0 aromatic heterocycles. The molecule has 9 heteroatoms. The molecule has 0 bridgehead atoms. The Kier molecular flexibility index (Phi) is 7.82. The number of hydrogen-bond acceptors (Lipinski definition) is 9. The predicted molar refractivity (Wildman–Crippen MR) is 205 cm³/mol. The fraction of sp³-hybridized carbons (Fsp3) is 0.182. The average molecular weight is 703 g/mol. The van der Waals surface area contributed by atoms with Gasteiger partial charge in [-0.15, -0.1) is 0 Å². The van der Waals surface area contributed by atoms with Gasteiger partial charge < -0.3 is 43.3 Å². The molecular formula is C44H38N4O5. The van der Waals surface area contributed by atoms with Crippen molar-refractivity contribution in [1.29, 1.82) is 0 Å². The molecule has 264 valence electrons. The summed E-state index contributed by atoms with van der Waals surface area (Å²) in [6.07, 6.45) is 0. The molecule has 9 nitrogen and oxygen atoms in total. The normalized spacial score (nSPS) is 15.8. The molecule has 0 fully saturated rings. The van der Waals surface area contributed by atoms with Crippen molar-refractivity contribution in [3.63, 3.8) is 0 Å². The van der Waals surface area contributed by atoms with E-state index in [2.05, 4.69) is 105 Å². The van der Waals surface area contributed by atoms with Gasteiger partial charge in [-0.3, -0.25) is 0 Å². The van der Waals surface area contributed by atoms with Gasteiger partial charge in [0, 0.05) is 71.2 Å². The largest absolute Gasteiger partial charge is 0.473 e. The summed E-state index contributed by atoms with van der Waals surface area (Å²) >= 11 is 0. The van der Waals surface area contributed by atoms with Gasteiger partial charge in [0.15, 0.2) is 26.9 Å². The van der Waals surface area contributed by atoms with Gasteiger partial charge in [-0.1, -0.05) is 36.4 Å². The van der Waals surface area contributed by atoms with Gasteiger partial charge >= 0.3 is 0 Å². The molecule has 0 N–H and O–H groups in total. The van der Waals surface area contributed by atoms with Crippen molar-refractivity contribution in [2.24, 2.45) is 0 Å². The molecule has 4 heterocycles. The minimum absolute atomic E-state index is 0.488. The maximum absolute atomic E-state index is 6.26. The van der Waals surface area contributed by atoms with E-state index in [-0.39, 0.29) is 0 Å². The van der Waals surface area contributed by atoms with Crippen LogP contribution in [0.4, 0.5) is 22.7 Å². The second-order valence-corrected chi connectivity index (χ2v) is 13.8. The van der Waals surface area contributed by atoms with Gasteiger partial charge in [-0.05, 0) is 97.1 Å². The summed E-state index contributed by atoms with van der Waals surface area (Å²) in [5, 5.41) is 0. The van der Waals surface area contributed by atoms with Gasteiger partial charge in [-0.2, -0.15) is 0 Å². The number of nitrogens with zero attached hydrogens (tertiary/aromatic N) is 4. The summed E-state index contributed by atoms with van der Waals surface area (Å²) < 4.78 is 30.6. The summed E-state index contributed by atoms with van der Waals surface area (Å²) in [4.78, 5) is 8.96. The van der Waals surface area contributed by atoms with Gasteiger partial charge in [0.1, 0.15) is 34.5 Å². The Bertz CT molecular complexity index is 2120. The quantitative estimate of drug-likeness (QED) is 0.169. The monoisotopic (exact) mass is 702 g/mol. The third-order valence-electron chi connectivity index (χ3n) is 10.4. The first-order valence-corrected chi connectivity index (χ1v) is 18.0. The third kappa shape index (κ3) is 6.24. The van der Waals surface area contributed by atoms with Crippen LogP contribution in [0.5, 0.6) is 34.5 Å². The number of anilines is 4. The molecule has 0 unspecified atom stereocenters. The van der Waals surface area contributed by atoms with E-state index in [0.29, 0.717) is 26.9 Å². The molecule has 6 aromatic carbocycles. The van der Waals surface area contributed by atoms with Crippen LogP contribution in [0.3, 0.4) is 0 Å². The highest BCUT2D eigenvalue weighted by molar-refractivity contribution is 5.60. The Labute approximate surface area is 308 Å². The van der Waals surface area contributed by atoms with E-state index in [9.17, 15) is 0 Å². The molecule has 53 heavy (non-hydrogen) atoms. The van der Waals surface area contributed by atoms with Crippen LogP contribution in [-0.4, -0.2) is 26.9 Å². The fourth-order valence-corrected chi connectivity index (χ4v) is 7.45. The molecule has 0 atom stereocenters. The van der Waals surface area contributed by atoms with E-state index >= 15 is 0 Å². The van der Waals surface area contributed by atoms with E-state index < -0.39 is 0 Å². The fourth-order valence-electron chi connectivity index (χ4n) is 7.45. The van der Waals surface area contributed by atoms with Gasteiger partial charge in [0.05, 0.1) is 0 Å². The summed E-state index contributed by atoms with van der Waals surface area (Å²) in [5.74, 6) is 5.34. The van der Waals surface area contributed by atoms with Crippen LogP contribution in [0, 0.1) is 0 Å². The lowest BCUT2D eigenvalue weighted by atomic mass is 10.1. The van der Waals surface area contributed by atoms with Crippen molar-refractivity contribution in [2.75, 3.05) is 46.5 Å². The maximum atomic E-state index is 6.26. The van der Waals surface area contributed by atoms with Crippen molar-refractivity contribution >= 4 is 22.7 Å². The number of fused-ring (bicyclic) bond motifs is 4. The first kappa shape index (κ1) is 31.3. The zero-order valence-electron chi connectivity index (χ0n) is 29.2. The topological polar surface area (TPSA) is 59.1 Å². The van der Waals surface area contributed by atoms with Crippen LogP contribution in [-0.2, 0) is 26.2 Å². The summed E-state index contributed by atoms with van der Waals surface area (Å²) in [6.45, 7) is 5.17. The second-order valence-electron chi connectivity index (χ2n) is 13.8. The van der Waals surface area contributed by atoms with Crippen molar-refractivity contribution < 1.29 is 23.7 Å². The molecule has 10 rings (SSSR count). The zero-order valence-corrected chi connectivity index (χ0v) is 29.2. The van der Waals surface area contributed by atoms with Crippen LogP contribution in [0.1, 0.15) is 22.3 Å². The summed E-state index contributed by atoms with van der Waals surface area (Å²) in [7, 11) is 0. The highest BCUT2D eigenvalue weighted by Gasteiger charge is 2.24. The third-order valence-corrected chi connectivity index (χ3v) is 10.4. The van der Waals surface area contributed by atoms with E-state index in [1.54, 1.807) is 0 Å². The number of ether oxygens (including phenoxy) is 5. The van der Waals surface area contributed by atoms with Crippen LogP contribution in [0.25, 0.3) is 0 Å². The Morgan fingerprint density at radius 3 is 1.11 bits per heavy atom. The van der Waals surface area contributed by atoms with E-state index in [1.165, 1.54) is 11.1 Å². The van der Waals surface area contributed by atoms with E-state index in [1.807, 2.05) is 48.5 Å². The second kappa shape index (κ2) is 13.2. The minimum Gasteiger partial charge on any atom is -0.473 e. The number of rotatable bonds is 6. The first-order valence-electron chi connectivity index (χ1n) is 18.0. The standard InChI is InChI=1S/C44H38N4O5/c1-3-7-41-31(5-1)23-47(29-49-41)37-13-19-43-33(21-37)25-45(27-51-43)35-9-15-39(16-10-35)53-40-17-11-36(12-18-40)46-26-34-22-38(14-20-44(34)52-28-46)48-24-32-6-2-4-8-42(32)50-30-48/h1-22H,23-30H2. The van der Waals surface area contributed by atoms with Gasteiger partial charge in [0.25, 0.3) is 0 Å². The molecule has 4 aliphatic heterocycles. The van der Waals surface area contributed by atoms with Gasteiger partial charge in [0.2, 0.25) is 0 Å². The predicted octanol–water partition coefficient (Wildman–Crippen LogP) is 8.90. The summed E-state index contributed by atoms with van der Waals surface area (Å²) in [5.41, 5.74) is 9.09. The first-order chi connectivity index (χ1) is 26.2. The van der Waals surface area contributed by atoms with Crippen molar-refractivity contribution in [2.45, 2.75) is 26.2 Å². The van der Waals surface area contributed by atoms with Crippen molar-refractivity contribution in [3.05, 3.63) is 156 Å². The molecule has 0 saturated heterocycles. The van der Waals surface area contributed by atoms with Crippen LogP contribution >= 0.6 is 0 Å². The Morgan fingerprint density at radius 1 is 0.340 bits per heavy atom. The Morgan fingerprint density at radius 2 is 0.679 bits per heavy atom. The van der Waals surface area contributed by atoms with Gasteiger partial charge in [-0.25, -0.2) is 0 Å². The molecule has 0 spiro atoms. The summed E-state index contributed by atoms with van der Waals surface area (Å²) in [6, 6.07) is 45.7. The Balaban J connectivity index is 0.766. The SMILES string of the molecule is c1ccc2c(c1)CN(c1ccc3c(c1)CN(c1ccc(Oc4ccc(N5COc6ccc(N7COc8ccccc8C7)cc6C5)cc4)cc1)CO3)CO2. The smallest absolute Gasteiger partial charge is 0.161 e. The highest BCUT2D eigenvalue weighted by atomic mass is 16.5. The molecule has 0 amide bonds. The zero-order chi connectivity index (χ0) is 35.1. The number of para-hydroxylation sites is 2. The Hall–Kier alpha value is -6.48. The highest BCUT2D eigenvalue weighted by Crippen LogP contribution is 2.37. The number of benzene rings is 6. The maximum Gasteiger partial charge on any atom is 0.161 e. The molecule has 0 radical (unpaired) electrons. The lowest BCUT2D eigenvalue weighted by molar-refractivity contribution is 0.285. The van der Waals surface area contributed by atoms with Crippen LogP contribution in [0.2, 0.25) is 0 Å². The van der Waals surface area contributed by atoms with E-state index in [4.69, 9.17) is 23.7 Å². The molecule has 0 aliphatic carbocycles. The van der Waals surface area contributed by atoms with Crippen LogP contribution in [0.15, 0.2) is 133 Å². The lowest BCUT2D eigenvalue weighted by Crippen LogP contribution is -2.33. The van der Waals surface area contributed by atoms with Crippen molar-refractivity contribution in [1.82, 2.24) is 0 Å². The minimum atomic E-state index is 0.488. The molecule has 4 aliphatic rings. The molecule has 0 saturated carbocycles.